The predicted octanol–water partition coefficient (Wildman–Crippen LogP) is 2.75. The summed E-state index contributed by atoms with van der Waals surface area (Å²) in [5, 5.41) is 2.67. The van der Waals surface area contributed by atoms with E-state index in [1.165, 1.54) is 23.1 Å². The third-order valence-electron chi connectivity index (χ3n) is 3.62. The van der Waals surface area contributed by atoms with Crippen LogP contribution in [-0.4, -0.2) is 23.9 Å². The molecule has 1 aromatic rings. The zero-order valence-corrected chi connectivity index (χ0v) is 12.9. The van der Waals surface area contributed by atoms with Crippen LogP contribution in [0.1, 0.15) is 27.2 Å². The third-order valence-corrected chi connectivity index (χ3v) is 3.91. The van der Waals surface area contributed by atoms with E-state index < -0.39 is 17.9 Å². The van der Waals surface area contributed by atoms with Gasteiger partial charge < -0.3 is 5.32 Å². The standard InChI is InChI=1S/C15H18ClFN2O2/c1-4-12-15(21)19(13(8(2)3)14(20)18-12)9-5-6-11(17)10(16)7-9/h5-8,12-13H,4H2,1-3H3,(H,18,20). The fourth-order valence-corrected chi connectivity index (χ4v) is 2.72. The average Bonchev–Trinajstić information content (AvgIpc) is 2.43. The first-order valence-electron chi connectivity index (χ1n) is 6.95. The van der Waals surface area contributed by atoms with Crippen LogP contribution in [0.2, 0.25) is 5.02 Å². The molecule has 0 aromatic heterocycles. The number of rotatable bonds is 3. The molecule has 1 heterocycles. The maximum Gasteiger partial charge on any atom is 0.250 e. The second-order valence-corrected chi connectivity index (χ2v) is 5.87. The van der Waals surface area contributed by atoms with Crippen LogP contribution in [0.5, 0.6) is 0 Å². The molecule has 2 unspecified atom stereocenters. The summed E-state index contributed by atoms with van der Waals surface area (Å²) in [5.41, 5.74) is 0.443. The highest BCUT2D eigenvalue weighted by Crippen LogP contribution is 2.29. The Morgan fingerprint density at radius 3 is 2.57 bits per heavy atom. The Morgan fingerprint density at radius 1 is 1.38 bits per heavy atom. The maximum atomic E-state index is 13.3. The highest BCUT2D eigenvalue weighted by molar-refractivity contribution is 6.31. The molecule has 1 N–H and O–H groups in total. The quantitative estimate of drug-likeness (QED) is 0.933. The number of halogens is 2. The Hall–Kier alpha value is -1.62. The zero-order chi connectivity index (χ0) is 15.7. The summed E-state index contributed by atoms with van der Waals surface area (Å²) in [5.74, 6) is -1.02. The molecule has 0 radical (unpaired) electrons. The van der Waals surface area contributed by atoms with Crippen molar-refractivity contribution in [2.24, 2.45) is 5.92 Å². The fraction of sp³-hybridized carbons (Fsp3) is 0.467. The first-order valence-corrected chi connectivity index (χ1v) is 7.33. The van der Waals surface area contributed by atoms with Gasteiger partial charge in [0.2, 0.25) is 11.8 Å². The first-order chi connectivity index (χ1) is 9.86. The minimum atomic E-state index is -0.623. The molecule has 2 atom stereocenters. The molecule has 1 aliphatic rings. The summed E-state index contributed by atoms with van der Waals surface area (Å²) in [6.07, 6.45) is 0.501. The molecule has 6 heteroatoms. The number of hydrogen-bond donors (Lipinski definition) is 1. The summed E-state index contributed by atoms with van der Waals surface area (Å²) in [6, 6.07) is 2.88. The molecule has 1 aromatic carbocycles. The lowest BCUT2D eigenvalue weighted by Gasteiger charge is -2.40. The number of amides is 2. The molecule has 114 valence electrons. The van der Waals surface area contributed by atoms with E-state index in [0.29, 0.717) is 12.1 Å². The van der Waals surface area contributed by atoms with Crippen molar-refractivity contribution in [3.63, 3.8) is 0 Å². The SMILES string of the molecule is CCC1NC(=O)C(C(C)C)N(c2ccc(F)c(Cl)c2)C1=O. The normalized spacial score (nSPS) is 22.7. The second-order valence-electron chi connectivity index (χ2n) is 5.46. The minimum Gasteiger partial charge on any atom is -0.342 e. The number of anilines is 1. The van der Waals surface area contributed by atoms with E-state index in [4.69, 9.17) is 11.6 Å². The van der Waals surface area contributed by atoms with Crippen LogP contribution < -0.4 is 10.2 Å². The largest absolute Gasteiger partial charge is 0.342 e. The highest BCUT2D eigenvalue weighted by Gasteiger charge is 2.42. The summed E-state index contributed by atoms with van der Waals surface area (Å²) in [4.78, 5) is 26.3. The number of piperazine rings is 1. The molecule has 0 bridgehead atoms. The summed E-state index contributed by atoms with van der Waals surface area (Å²) < 4.78 is 13.3. The van der Waals surface area contributed by atoms with Gasteiger partial charge in [0.1, 0.15) is 17.9 Å². The smallest absolute Gasteiger partial charge is 0.250 e. The Labute approximate surface area is 128 Å². The number of benzene rings is 1. The lowest BCUT2D eigenvalue weighted by Crippen LogP contribution is -2.65. The number of nitrogens with one attached hydrogen (secondary N) is 1. The van der Waals surface area contributed by atoms with E-state index in [2.05, 4.69) is 5.32 Å². The molecular formula is C15H18ClFN2O2. The van der Waals surface area contributed by atoms with Gasteiger partial charge in [0.25, 0.3) is 0 Å². The van der Waals surface area contributed by atoms with Crippen molar-refractivity contribution in [3.8, 4) is 0 Å². The van der Waals surface area contributed by atoms with Gasteiger partial charge in [-0.15, -0.1) is 0 Å². The Balaban J connectivity index is 2.49. The molecule has 1 saturated heterocycles. The van der Waals surface area contributed by atoms with Crippen LogP contribution in [0, 0.1) is 11.7 Å². The van der Waals surface area contributed by atoms with Crippen LogP contribution >= 0.6 is 11.6 Å². The zero-order valence-electron chi connectivity index (χ0n) is 12.2. The van der Waals surface area contributed by atoms with Gasteiger partial charge in [-0.3, -0.25) is 14.5 Å². The Kier molecular flexibility index (Phi) is 4.52. The maximum absolute atomic E-state index is 13.3. The van der Waals surface area contributed by atoms with Gasteiger partial charge in [-0.1, -0.05) is 32.4 Å². The summed E-state index contributed by atoms with van der Waals surface area (Å²) in [7, 11) is 0. The monoisotopic (exact) mass is 312 g/mol. The van der Waals surface area contributed by atoms with Gasteiger partial charge >= 0.3 is 0 Å². The number of nitrogens with zero attached hydrogens (tertiary/aromatic N) is 1. The van der Waals surface area contributed by atoms with Gasteiger partial charge in [-0.25, -0.2) is 4.39 Å². The molecule has 0 saturated carbocycles. The highest BCUT2D eigenvalue weighted by atomic mass is 35.5. The number of carbonyl (C=O) groups is 2. The van der Waals surface area contributed by atoms with E-state index in [1.54, 1.807) is 0 Å². The van der Waals surface area contributed by atoms with Crippen LogP contribution in [0.25, 0.3) is 0 Å². The van der Waals surface area contributed by atoms with Crippen LogP contribution in [0.3, 0.4) is 0 Å². The Bertz CT molecular complexity index is 577. The van der Waals surface area contributed by atoms with E-state index >= 15 is 0 Å². The molecule has 1 fully saturated rings. The predicted molar refractivity (Wildman–Crippen MR) is 79.7 cm³/mol. The molecule has 0 aliphatic carbocycles. The van der Waals surface area contributed by atoms with Crippen molar-refractivity contribution in [1.29, 1.82) is 0 Å². The van der Waals surface area contributed by atoms with Crippen molar-refractivity contribution < 1.29 is 14.0 Å². The topological polar surface area (TPSA) is 49.4 Å². The van der Waals surface area contributed by atoms with Crippen molar-refractivity contribution >= 4 is 29.1 Å². The summed E-state index contributed by atoms with van der Waals surface area (Å²) >= 11 is 5.80. The minimum absolute atomic E-state index is 0.0677. The third kappa shape index (κ3) is 2.88. The number of hydrogen-bond acceptors (Lipinski definition) is 2. The van der Waals surface area contributed by atoms with Gasteiger partial charge in [-0.2, -0.15) is 0 Å². The summed E-state index contributed by atoms with van der Waals surface area (Å²) in [6.45, 7) is 5.55. The van der Waals surface area contributed by atoms with Gasteiger partial charge in [-0.05, 0) is 30.5 Å². The van der Waals surface area contributed by atoms with Crippen LogP contribution in [-0.2, 0) is 9.59 Å². The Morgan fingerprint density at radius 2 is 2.05 bits per heavy atom. The second kappa shape index (κ2) is 6.02. The van der Waals surface area contributed by atoms with Crippen LogP contribution in [0.4, 0.5) is 10.1 Å². The molecule has 2 rings (SSSR count). The van der Waals surface area contributed by atoms with Crippen molar-refractivity contribution in [2.45, 2.75) is 39.3 Å². The van der Waals surface area contributed by atoms with E-state index in [1.807, 2.05) is 20.8 Å². The lowest BCUT2D eigenvalue weighted by atomic mass is 9.95. The molecule has 4 nitrogen and oxygen atoms in total. The van der Waals surface area contributed by atoms with Gasteiger partial charge in [0.05, 0.1) is 5.02 Å². The number of carbonyl (C=O) groups excluding carboxylic acids is 2. The van der Waals surface area contributed by atoms with Gasteiger partial charge in [0, 0.05) is 5.69 Å². The first kappa shape index (κ1) is 15.8. The molecule has 2 amide bonds. The van der Waals surface area contributed by atoms with Crippen molar-refractivity contribution in [2.75, 3.05) is 4.90 Å². The average molecular weight is 313 g/mol. The molecular weight excluding hydrogens is 295 g/mol. The van der Waals surface area contributed by atoms with Gasteiger partial charge in [0.15, 0.2) is 0 Å². The van der Waals surface area contributed by atoms with Crippen molar-refractivity contribution in [3.05, 3.63) is 29.0 Å². The van der Waals surface area contributed by atoms with Crippen molar-refractivity contribution in [1.82, 2.24) is 5.32 Å². The molecule has 1 aliphatic heterocycles. The van der Waals surface area contributed by atoms with E-state index in [9.17, 15) is 14.0 Å². The molecule has 21 heavy (non-hydrogen) atoms. The lowest BCUT2D eigenvalue weighted by molar-refractivity contribution is -0.134. The molecule has 0 spiro atoms. The van der Waals surface area contributed by atoms with E-state index in [0.717, 1.165) is 0 Å². The van der Waals surface area contributed by atoms with E-state index in [-0.39, 0.29) is 22.8 Å². The fourth-order valence-electron chi connectivity index (χ4n) is 2.54. The van der Waals surface area contributed by atoms with Crippen LogP contribution in [0.15, 0.2) is 18.2 Å².